The van der Waals surface area contributed by atoms with Gasteiger partial charge in [0, 0.05) is 24.0 Å². The van der Waals surface area contributed by atoms with Crippen LogP contribution in [-0.2, 0) is 6.54 Å². The third-order valence-corrected chi connectivity index (χ3v) is 6.57. The number of hydrogen-bond donors (Lipinski definition) is 1. The maximum absolute atomic E-state index is 12.0. The Morgan fingerprint density at radius 3 is 2.79 bits per heavy atom. The van der Waals surface area contributed by atoms with E-state index in [9.17, 15) is 4.79 Å². The Bertz CT molecular complexity index is 822. The number of nitrogens with one attached hydrogen (secondary N) is 1. The van der Waals surface area contributed by atoms with E-state index in [4.69, 9.17) is 4.42 Å². The Balaban J connectivity index is 1.56. The second-order valence-electron chi connectivity index (χ2n) is 7.98. The minimum atomic E-state index is -0.249. The van der Waals surface area contributed by atoms with Gasteiger partial charge in [-0.25, -0.2) is 4.79 Å². The van der Waals surface area contributed by atoms with Crippen molar-refractivity contribution in [2.45, 2.75) is 59.0 Å². The van der Waals surface area contributed by atoms with Crippen LogP contribution in [0.25, 0.3) is 11.0 Å². The molecule has 0 amide bonds. The highest BCUT2D eigenvalue weighted by molar-refractivity contribution is 5.83. The lowest BCUT2D eigenvalue weighted by Gasteiger charge is -2.28. The van der Waals surface area contributed by atoms with Gasteiger partial charge >= 0.3 is 5.63 Å². The first-order valence-corrected chi connectivity index (χ1v) is 9.29. The van der Waals surface area contributed by atoms with Crippen LogP contribution in [0.2, 0.25) is 0 Å². The summed E-state index contributed by atoms with van der Waals surface area (Å²) in [7, 11) is 0. The molecule has 0 radical (unpaired) electrons. The minimum absolute atomic E-state index is 0.249. The molecule has 0 spiro atoms. The first-order valence-electron chi connectivity index (χ1n) is 9.29. The Labute approximate surface area is 143 Å². The van der Waals surface area contributed by atoms with Gasteiger partial charge in [0.2, 0.25) is 0 Å². The van der Waals surface area contributed by atoms with E-state index in [1.807, 2.05) is 6.92 Å². The van der Waals surface area contributed by atoms with Crippen molar-refractivity contribution < 1.29 is 4.42 Å². The fourth-order valence-corrected chi connectivity index (χ4v) is 5.00. The van der Waals surface area contributed by atoms with E-state index in [0.717, 1.165) is 52.0 Å². The molecule has 128 valence electrons. The summed E-state index contributed by atoms with van der Waals surface area (Å²) in [4.78, 5) is 12.0. The summed E-state index contributed by atoms with van der Waals surface area (Å²) in [6.45, 7) is 7.13. The van der Waals surface area contributed by atoms with E-state index in [1.165, 1.54) is 25.7 Å². The quantitative estimate of drug-likeness (QED) is 0.851. The van der Waals surface area contributed by atoms with Crippen molar-refractivity contribution in [2.75, 3.05) is 0 Å². The summed E-state index contributed by atoms with van der Waals surface area (Å²) in [5.41, 5.74) is 3.77. The fraction of sp³-hybridized carbons (Fsp3) is 0.571. The first kappa shape index (κ1) is 15.9. The van der Waals surface area contributed by atoms with Gasteiger partial charge in [-0.3, -0.25) is 0 Å². The highest BCUT2D eigenvalue weighted by Gasteiger charge is 2.41. The zero-order chi connectivity index (χ0) is 16.8. The van der Waals surface area contributed by atoms with E-state index >= 15 is 0 Å². The normalized spacial score (nSPS) is 27.0. The maximum Gasteiger partial charge on any atom is 0.336 e. The summed E-state index contributed by atoms with van der Waals surface area (Å²) < 4.78 is 5.48. The molecule has 2 aliphatic carbocycles. The molecule has 2 bridgehead atoms. The summed E-state index contributed by atoms with van der Waals surface area (Å²) in [5, 5.41) is 4.76. The van der Waals surface area contributed by atoms with E-state index in [-0.39, 0.29) is 5.63 Å². The number of hydrogen-bond acceptors (Lipinski definition) is 3. The van der Waals surface area contributed by atoms with Crippen LogP contribution >= 0.6 is 0 Å². The van der Waals surface area contributed by atoms with Gasteiger partial charge in [-0.15, -0.1) is 0 Å². The van der Waals surface area contributed by atoms with Crippen LogP contribution in [0.15, 0.2) is 27.4 Å². The lowest BCUT2D eigenvalue weighted by atomic mass is 9.84. The Hall–Kier alpha value is -1.61. The summed E-state index contributed by atoms with van der Waals surface area (Å²) in [6.07, 6.45) is 5.68. The predicted octanol–water partition coefficient (Wildman–Crippen LogP) is 4.32. The van der Waals surface area contributed by atoms with Crippen LogP contribution in [0.4, 0.5) is 0 Å². The summed E-state index contributed by atoms with van der Waals surface area (Å²) in [5.74, 6) is 2.69. The molecule has 0 aliphatic heterocycles. The SMILES string of the molecule is Cc1ccc2c(CNC(C)C3CC4CCC3C4)cc(=O)oc2c1C. The fourth-order valence-electron chi connectivity index (χ4n) is 5.00. The van der Waals surface area contributed by atoms with E-state index < -0.39 is 0 Å². The van der Waals surface area contributed by atoms with Gasteiger partial charge in [0.15, 0.2) is 0 Å². The van der Waals surface area contributed by atoms with Gasteiger partial charge in [0.05, 0.1) is 0 Å². The third-order valence-electron chi connectivity index (χ3n) is 6.57. The largest absolute Gasteiger partial charge is 0.422 e. The molecule has 1 aromatic heterocycles. The van der Waals surface area contributed by atoms with Crippen molar-refractivity contribution in [1.29, 1.82) is 0 Å². The van der Waals surface area contributed by atoms with Gasteiger partial charge in [-0.2, -0.15) is 0 Å². The number of fused-ring (bicyclic) bond motifs is 3. The summed E-state index contributed by atoms with van der Waals surface area (Å²) >= 11 is 0. The Kier molecular flexibility index (Phi) is 4.00. The van der Waals surface area contributed by atoms with Crippen molar-refractivity contribution in [3.05, 3.63) is 45.3 Å². The lowest BCUT2D eigenvalue weighted by molar-refractivity contribution is 0.259. The molecular weight excluding hydrogens is 298 g/mol. The maximum atomic E-state index is 12.0. The molecule has 3 heteroatoms. The molecule has 2 saturated carbocycles. The van der Waals surface area contributed by atoms with E-state index in [2.05, 4.69) is 31.3 Å². The van der Waals surface area contributed by atoms with Gasteiger partial charge in [-0.05, 0) is 74.5 Å². The molecule has 2 aromatic rings. The molecule has 2 fully saturated rings. The van der Waals surface area contributed by atoms with Gasteiger partial charge in [-0.1, -0.05) is 18.6 Å². The van der Waals surface area contributed by atoms with E-state index in [0.29, 0.717) is 6.04 Å². The molecule has 1 heterocycles. The number of benzene rings is 1. The molecule has 2 aliphatic rings. The minimum Gasteiger partial charge on any atom is -0.422 e. The van der Waals surface area contributed by atoms with Crippen LogP contribution in [-0.4, -0.2) is 6.04 Å². The molecule has 24 heavy (non-hydrogen) atoms. The van der Waals surface area contributed by atoms with Gasteiger partial charge in [0.1, 0.15) is 5.58 Å². The smallest absolute Gasteiger partial charge is 0.336 e. The average Bonchev–Trinajstić information content (AvgIpc) is 3.19. The third kappa shape index (κ3) is 2.69. The van der Waals surface area contributed by atoms with Crippen molar-refractivity contribution in [2.24, 2.45) is 17.8 Å². The molecule has 4 rings (SSSR count). The van der Waals surface area contributed by atoms with E-state index in [1.54, 1.807) is 6.07 Å². The van der Waals surface area contributed by atoms with Crippen LogP contribution in [0, 0.1) is 31.6 Å². The monoisotopic (exact) mass is 325 g/mol. The second kappa shape index (κ2) is 6.03. The molecular formula is C21H27NO2. The topological polar surface area (TPSA) is 42.2 Å². The van der Waals surface area contributed by atoms with Crippen molar-refractivity contribution in [3.63, 3.8) is 0 Å². The second-order valence-corrected chi connectivity index (χ2v) is 7.98. The lowest BCUT2D eigenvalue weighted by Crippen LogP contribution is -2.36. The molecule has 1 aromatic carbocycles. The zero-order valence-electron chi connectivity index (χ0n) is 14.9. The standard InChI is InChI=1S/C21H27NO2/c1-12-4-7-18-17(10-20(23)24-21(18)13(12)2)11-22-14(3)19-9-15-5-6-16(19)8-15/h4,7,10,14-16,19,22H,5-6,8-9,11H2,1-3H3. The number of rotatable bonds is 4. The highest BCUT2D eigenvalue weighted by atomic mass is 16.4. The first-order chi connectivity index (χ1) is 11.5. The van der Waals surface area contributed by atoms with Crippen molar-refractivity contribution in [3.8, 4) is 0 Å². The molecule has 0 saturated heterocycles. The van der Waals surface area contributed by atoms with Crippen LogP contribution in [0.1, 0.15) is 49.3 Å². The average molecular weight is 325 g/mol. The van der Waals surface area contributed by atoms with Crippen molar-refractivity contribution >= 4 is 11.0 Å². The molecule has 1 N–H and O–H groups in total. The molecule has 4 unspecified atom stereocenters. The van der Waals surface area contributed by atoms with Crippen LogP contribution in [0.3, 0.4) is 0 Å². The predicted molar refractivity (Wildman–Crippen MR) is 97.2 cm³/mol. The van der Waals surface area contributed by atoms with Gasteiger partial charge in [0.25, 0.3) is 0 Å². The highest BCUT2D eigenvalue weighted by Crippen LogP contribution is 2.49. The van der Waals surface area contributed by atoms with Gasteiger partial charge < -0.3 is 9.73 Å². The zero-order valence-corrected chi connectivity index (χ0v) is 14.9. The molecule has 4 atom stereocenters. The molecule has 3 nitrogen and oxygen atoms in total. The van der Waals surface area contributed by atoms with Crippen LogP contribution in [0.5, 0.6) is 0 Å². The Morgan fingerprint density at radius 2 is 2.08 bits per heavy atom. The number of aryl methyl sites for hydroxylation is 2. The van der Waals surface area contributed by atoms with Crippen LogP contribution < -0.4 is 10.9 Å². The Morgan fingerprint density at radius 1 is 1.25 bits per heavy atom. The summed E-state index contributed by atoms with van der Waals surface area (Å²) in [6, 6.07) is 6.35. The van der Waals surface area contributed by atoms with Crippen molar-refractivity contribution in [1.82, 2.24) is 5.32 Å².